The molecule has 3 heteroatoms. The van der Waals surface area contributed by atoms with Gasteiger partial charge in [0.2, 0.25) is 0 Å². The first-order valence-corrected chi connectivity index (χ1v) is 8.53. The van der Waals surface area contributed by atoms with Crippen molar-refractivity contribution >= 4 is 0 Å². The van der Waals surface area contributed by atoms with E-state index in [1.165, 1.54) is 43.2 Å². The number of nitrogens with one attached hydrogen (secondary N) is 1. The molecule has 0 aromatic heterocycles. The van der Waals surface area contributed by atoms with E-state index in [1.54, 1.807) is 0 Å². The fraction of sp³-hybridized carbons (Fsp3) is 0.667. The number of hydrogen-bond acceptors (Lipinski definition) is 3. The van der Waals surface area contributed by atoms with E-state index in [9.17, 15) is 0 Å². The van der Waals surface area contributed by atoms with Gasteiger partial charge in [-0.05, 0) is 56.6 Å². The van der Waals surface area contributed by atoms with Gasteiger partial charge in [0.05, 0.1) is 6.04 Å². The van der Waals surface area contributed by atoms with Gasteiger partial charge >= 0.3 is 0 Å². The second-order valence-electron chi connectivity index (χ2n) is 6.89. The fourth-order valence-electron chi connectivity index (χ4n) is 3.54. The predicted octanol–water partition coefficient (Wildman–Crippen LogP) is 3.33. The Labute approximate surface area is 128 Å². The van der Waals surface area contributed by atoms with E-state index in [2.05, 4.69) is 48.5 Å². The Hall–Kier alpha value is -0.900. The minimum absolute atomic E-state index is 0.223. The Morgan fingerprint density at radius 3 is 2.24 bits per heavy atom. The van der Waals surface area contributed by atoms with E-state index in [4.69, 9.17) is 5.73 Å². The van der Waals surface area contributed by atoms with Gasteiger partial charge in [0.25, 0.3) is 0 Å². The number of piperidine rings is 1. The second-order valence-corrected chi connectivity index (χ2v) is 6.89. The van der Waals surface area contributed by atoms with Crippen molar-refractivity contribution in [1.29, 1.82) is 0 Å². The molecule has 2 aliphatic rings. The molecule has 3 unspecified atom stereocenters. The van der Waals surface area contributed by atoms with Crippen LogP contribution in [0.1, 0.15) is 69.0 Å². The Kier molecular flexibility index (Phi) is 4.63. The van der Waals surface area contributed by atoms with Gasteiger partial charge in [-0.15, -0.1) is 0 Å². The third-order valence-corrected chi connectivity index (χ3v) is 5.12. The van der Waals surface area contributed by atoms with Crippen LogP contribution < -0.4 is 11.2 Å². The molecule has 0 amide bonds. The van der Waals surface area contributed by atoms with Gasteiger partial charge < -0.3 is 5.73 Å². The molecule has 116 valence electrons. The van der Waals surface area contributed by atoms with Crippen molar-refractivity contribution in [3.05, 3.63) is 35.4 Å². The van der Waals surface area contributed by atoms with Crippen molar-refractivity contribution < 1.29 is 0 Å². The highest BCUT2D eigenvalue weighted by Gasteiger charge is 2.27. The summed E-state index contributed by atoms with van der Waals surface area (Å²) in [5.41, 5.74) is 12.5. The maximum atomic E-state index is 6.03. The van der Waals surface area contributed by atoms with E-state index in [1.807, 2.05) is 0 Å². The Balaban J connectivity index is 1.68. The molecule has 2 fully saturated rings. The molecule has 1 saturated carbocycles. The largest absolute Gasteiger partial charge is 0.329 e. The standard InChI is InChI=1S/C18H29N3/c1-13-4-3-5-14(2)21(13)20-18(12-19)17-10-8-16(9-11-17)15-6-7-15/h8-11,13-15,18,20H,3-7,12,19H2,1-2H3. The van der Waals surface area contributed by atoms with Crippen molar-refractivity contribution in [3.8, 4) is 0 Å². The summed E-state index contributed by atoms with van der Waals surface area (Å²) >= 11 is 0. The summed E-state index contributed by atoms with van der Waals surface area (Å²) in [6.07, 6.45) is 6.61. The molecule has 21 heavy (non-hydrogen) atoms. The molecule has 0 spiro atoms. The maximum Gasteiger partial charge on any atom is 0.0587 e. The quantitative estimate of drug-likeness (QED) is 0.873. The van der Waals surface area contributed by atoms with Crippen LogP contribution in [0.3, 0.4) is 0 Å². The number of hydrogen-bond donors (Lipinski definition) is 2. The summed E-state index contributed by atoms with van der Waals surface area (Å²) in [5.74, 6) is 0.825. The molecule has 1 aromatic rings. The summed E-state index contributed by atoms with van der Waals surface area (Å²) < 4.78 is 0. The van der Waals surface area contributed by atoms with Crippen LogP contribution in [0.15, 0.2) is 24.3 Å². The first kappa shape index (κ1) is 15.0. The Morgan fingerprint density at radius 1 is 1.10 bits per heavy atom. The molecule has 3 atom stereocenters. The van der Waals surface area contributed by atoms with Gasteiger partial charge in [-0.1, -0.05) is 30.7 Å². The van der Waals surface area contributed by atoms with Gasteiger partial charge in [0.1, 0.15) is 0 Å². The molecule has 3 nitrogen and oxygen atoms in total. The van der Waals surface area contributed by atoms with Crippen LogP contribution in [-0.4, -0.2) is 23.6 Å². The van der Waals surface area contributed by atoms with E-state index in [0.29, 0.717) is 18.6 Å². The highest BCUT2D eigenvalue weighted by molar-refractivity contribution is 5.29. The van der Waals surface area contributed by atoms with Gasteiger partial charge in [0.15, 0.2) is 0 Å². The number of hydrazine groups is 1. The smallest absolute Gasteiger partial charge is 0.0587 e. The predicted molar refractivity (Wildman–Crippen MR) is 88.0 cm³/mol. The van der Waals surface area contributed by atoms with Crippen molar-refractivity contribution in [3.63, 3.8) is 0 Å². The summed E-state index contributed by atoms with van der Waals surface area (Å²) in [6, 6.07) is 10.5. The average Bonchev–Trinajstić information content (AvgIpc) is 3.32. The molecule has 1 aliphatic heterocycles. The maximum absolute atomic E-state index is 6.03. The van der Waals surface area contributed by atoms with Crippen molar-refractivity contribution in [2.45, 2.75) is 70.0 Å². The van der Waals surface area contributed by atoms with E-state index >= 15 is 0 Å². The van der Waals surface area contributed by atoms with Crippen molar-refractivity contribution in [1.82, 2.24) is 10.4 Å². The van der Waals surface area contributed by atoms with Crippen LogP contribution in [0.4, 0.5) is 0 Å². The summed E-state index contributed by atoms with van der Waals surface area (Å²) in [7, 11) is 0. The first-order chi connectivity index (χ1) is 10.2. The average molecular weight is 287 g/mol. The molecule has 1 heterocycles. The van der Waals surface area contributed by atoms with Gasteiger partial charge in [0, 0.05) is 18.6 Å². The van der Waals surface area contributed by atoms with Crippen LogP contribution in [0.25, 0.3) is 0 Å². The zero-order valence-electron chi connectivity index (χ0n) is 13.4. The minimum Gasteiger partial charge on any atom is -0.329 e. The van der Waals surface area contributed by atoms with Gasteiger partial charge in [-0.3, -0.25) is 0 Å². The van der Waals surface area contributed by atoms with E-state index in [0.717, 1.165) is 5.92 Å². The molecule has 1 saturated heterocycles. The van der Waals surface area contributed by atoms with Crippen LogP contribution in [0, 0.1) is 0 Å². The monoisotopic (exact) mass is 287 g/mol. The normalized spacial score (nSPS) is 28.5. The second kappa shape index (κ2) is 6.47. The van der Waals surface area contributed by atoms with Crippen LogP contribution in [0.2, 0.25) is 0 Å². The highest BCUT2D eigenvalue weighted by Crippen LogP contribution is 2.40. The zero-order valence-corrected chi connectivity index (χ0v) is 13.4. The summed E-state index contributed by atoms with van der Waals surface area (Å²) in [5, 5.41) is 2.43. The van der Waals surface area contributed by atoms with Crippen LogP contribution >= 0.6 is 0 Å². The van der Waals surface area contributed by atoms with Gasteiger partial charge in [-0.25, -0.2) is 10.4 Å². The lowest BCUT2D eigenvalue weighted by Gasteiger charge is -2.41. The van der Waals surface area contributed by atoms with Gasteiger partial charge in [-0.2, -0.15) is 0 Å². The summed E-state index contributed by atoms with van der Waals surface area (Å²) in [6.45, 7) is 5.26. The molecule has 0 bridgehead atoms. The molecule has 3 N–H and O–H groups in total. The van der Waals surface area contributed by atoms with Crippen molar-refractivity contribution in [2.75, 3.05) is 6.54 Å². The SMILES string of the molecule is CC1CCCC(C)N1NC(CN)c1ccc(C2CC2)cc1. The third kappa shape index (κ3) is 3.47. The van der Waals surface area contributed by atoms with Crippen LogP contribution in [0.5, 0.6) is 0 Å². The summed E-state index contributed by atoms with van der Waals surface area (Å²) in [4.78, 5) is 0. The lowest BCUT2D eigenvalue weighted by molar-refractivity contribution is 0.0304. The van der Waals surface area contributed by atoms with E-state index < -0.39 is 0 Å². The molecule has 3 rings (SSSR count). The lowest BCUT2D eigenvalue weighted by atomic mass is 9.99. The first-order valence-electron chi connectivity index (χ1n) is 8.53. The van der Waals surface area contributed by atoms with E-state index in [-0.39, 0.29) is 6.04 Å². The molecular formula is C18H29N3. The molecule has 0 radical (unpaired) electrons. The third-order valence-electron chi connectivity index (χ3n) is 5.12. The zero-order chi connectivity index (χ0) is 14.8. The minimum atomic E-state index is 0.223. The molecular weight excluding hydrogens is 258 g/mol. The number of benzene rings is 1. The van der Waals surface area contributed by atoms with Crippen molar-refractivity contribution in [2.24, 2.45) is 5.73 Å². The number of rotatable bonds is 5. The molecule has 1 aliphatic carbocycles. The highest BCUT2D eigenvalue weighted by atomic mass is 15.5. The molecule has 1 aromatic carbocycles. The topological polar surface area (TPSA) is 41.3 Å². The lowest BCUT2D eigenvalue weighted by Crippen LogP contribution is -2.54. The van der Waals surface area contributed by atoms with Crippen LogP contribution in [-0.2, 0) is 0 Å². The number of nitrogens with zero attached hydrogens (tertiary/aromatic N) is 1. The Morgan fingerprint density at radius 2 is 1.71 bits per heavy atom. The fourth-order valence-corrected chi connectivity index (χ4v) is 3.54. The Bertz CT molecular complexity index is 442. The number of nitrogens with two attached hydrogens (primary N) is 1.